The maximum absolute atomic E-state index is 13.1. The van der Waals surface area contributed by atoms with Crippen molar-refractivity contribution in [1.82, 2.24) is 14.8 Å². The summed E-state index contributed by atoms with van der Waals surface area (Å²) < 4.78 is 1.99. The van der Waals surface area contributed by atoms with E-state index in [0.717, 1.165) is 11.4 Å². The van der Waals surface area contributed by atoms with Crippen LogP contribution in [0.2, 0.25) is 0 Å². The van der Waals surface area contributed by atoms with Crippen molar-refractivity contribution in [2.24, 2.45) is 0 Å². The van der Waals surface area contributed by atoms with Gasteiger partial charge < -0.3 is 9.88 Å². The molecule has 1 aliphatic carbocycles. The van der Waals surface area contributed by atoms with Crippen LogP contribution in [0.1, 0.15) is 50.2 Å². The Balaban J connectivity index is 1.31. The number of hydrogen-bond acceptors (Lipinski definition) is 6. The van der Waals surface area contributed by atoms with E-state index in [4.69, 9.17) is 0 Å². The Morgan fingerprint density at radius 3 is 2.29 bits per heavy atom. The van der Waals surface area contributed by atoms with Crippen LogP contribution in [0.5, 0.6) is 0 Å². The lowest BCUT2D eigenvalue weighted by atomic mass is 9.83. The minimum absolute atomic E-state index is 0.0891. The Morgan fingerprint density at radius 2 is 1.54 bits per heavy atom. The van der Waals surface area contributed by atoms with Crippen LogP contribution in [0.3, 0.4) is 0 Å². The third kappa shape index (κ3) is 4.40. The molecule has 35 heavy (non-hydrogen) atoms. The summed E-state index contributed by atoms with van der Waals surface area (Å²) in [6.07, 6.45) is 0.655. The van der Waals surface area contributed by atoms with Gasteiger partial charge in [-0.3, -0.25) is 14.4 Å². The highest BCUT2D eigenvalue weighted by Gasteiger charge is 2.31. The van der Waals surface area contributed by atoms with Crippen molar-refractivity contribution in [3.05, 3.63) is 106 Å². The molecular formula is C27H22N4O3S. The number of anilines is 1. The molecule has 1 aliphatic rings. The fraction of sp³-hybridized carbons (Fsp3) is 0.148. The summed E-state index contributed by atoms with van der Waals surface area (Å²) in [6, 6.07) is 21.7. The highest BCUT2D eigenvalue weighted by Crippen LogP contribution is 2.32. The predicted molar refractivity (Wildman–Crippen MR) is 134 cm³/mol. The fourth-order valence-corrected chi connectivity index (χ4v) is 5.04. The van der Waals surface area contributed by atoms with E-state index in [-0.39, 0.29) is 28.8 Å². The molecule has 0 unspecified atom stereocenters. The van der Waals surface area contributed by atoms with E-state index < -0.39 is 0 Å². The van der Waals surface area contributed by atoms with Crippen molar-refractivity contribution in [3.8, 4) is 0 Å². The Kier molecular flexibility index (Phi) is 6.29. The summed E-state index contributed by atoms with van der Waals surface area (Å²) in [5.74, 6) is 0.142. The fourth-order valence-electron chi connectivity index (χ4n) is 4.22. The number of carbonyl (C=O) groups excluding carboxylic acids is 3. The van der Waals surface area contributed by atoms with Crippen molar-refractivity contribution in [1.29, 1.82) is 0 Å². The summed E-state index contributed by atoms with van der Waals surface area (Å²) in [4.78, 5) is 38.9. The predicted octanol–water partition coefficient (Wildman–Crippen LogP) is 4.40. The number of amides is 1. The zero-order valence-electron chi connectivity index (χ0n) is 19.0. The molecule has 0 atom stereocenters. The number of hydrogen-bond donors (Lipinski definition) is 1. The van der Waals surface area contributed by atoms with E-state index in [0.29, 0.717) is 40.5 Å². The van der Waals surface area contributed by atoms with Gasteiger partial charge in [0, 0.05) is 29.7 Å². The van der Waals surface area contributed by atoms with Gasteiger partial charge in [-0.15, -0.1) is 10.2 Å². The zero-order chi connectivity index (χ0) is 24.4. The van der Waals surface area contributed by atoms with Crippen LogP contribution in [0, 0.1) is 0 Å². The highest BCUT2D eigenvalue weighted by atomic mass is 32.2. The molecule has 1 aromatic heterocycles. The molecular weight excluding hydrogens is 460 g/mol. The number of fused-ring (bicyclic) bond motifs is 2. The van der Waals surface area contributed by atoms with Crippen LogP contribution in [-0.4, -0.2) is 38.0 Å². The first-order chi connectivity index (χ1) is 17.1. The lowest BCUT2D eigenvalue weighted by Crippen LogP contribution is -2.24. The molecule has 0 bridgehead atoms. The van der Waals surface area contributed by atoms with Gasteiger partial charge in [0.1, 0.15) is 5.82 Å². The Hall–Kier alpha value is -4.04. The molecule has 174 valence electrons. The van der Waals surface area contributed by atoms with E-state index in [1.165, 1.54) is 11.8 Å². The summed E-state index contributed by atoms with van der Waals surface area (Å²) >= 11 is 1.28. The van der Waals surface area contributed by atoms with Crippen molar-refractivity contribution in [2.75, 3.05) is 11.1 Å². The quantitative estimate of drug-likeness (QED) is 0.346. The Morgan fingerprint density at radius 1 is 0.857 bits per heavy atom. The number of carbonyl (C=O) groups is 3. The van der Waals surface area contributed by atoms with Gasteiger partial charge in [-0.05, 0) is 18.6 Å². The molecule has 1 N–H and O–H groups in total. The van der Waals surface area contributed by atoms with Gasteiger partial charge in [0.15, 0.2) is 16.7 Å². The molecule has 5 rings (SSSR count). The highest BCUT2D eigenvalue weighted by molar-refractivity contribution is 7.99. The third-order valence-electron chi connectivity index (χ3n) is 5.87. The largest absolute Gasteiger partial charge is 0.325 e. The number of aromatic nitrogens is 3. The SMILES string of the molecule is CCn1c(Cc2ccccc2)nnc1SCC(=O)Nc1cccc2c1C(=O)c1ccccc1C2=O. The van der Waals surface area contributed by atoms with Crippen LogP contribution < -0.4 is 5.32 Å². The number of ketones is 2. The number of nitrogens with zero attached hydrogens (tertiary/aromatic N) is 3. The number of benzene rings is 3. The molecule has 1 heterocycles. The van der Waals surface area contributed by atoms with Crippen LogP contribution in [0.25, 0.3) is 0 Å². The molecule has 0 aliphatic heterocycles. The molecule has 4 aromatic rings. The van der Waals surface area contributed by atoms with Crippen molar-refractivity contribution < 1.29 is 14.4 Å². The molecule has 0 radical (unpaired) electrons. The van der Waals surface area contributed by atoms with E-state index >= 15 is 0 Å². The molecule has 8 heteroatoms. The molecule has 0 fully saturated rings. The second kappa shape index (κ2) is 9.68. The van der Waals surface area contributed by atoms with E-state index in [1.807, 2.05) is 41.8 Å². The lowest BCUT2D eigenvalue weighted by Gasteiger charge is -2.20. The average Bonchev–Trinajstić information content (AvgIpc) is 3.27. The smallest absolute Gasteiger partial charge is 0.234 e. The van der Waals surface area contributed by atoms with Crippen LogP contribution in [-0.2, 0) is 17.8 Å². The summed E-state index contributed by atoms with van der Waals surface area (Å²) in [5.41, 5.74) is 2.74. The van der Waals surface area contributed by atoms with Crippen LogP contribution in [0.4, 0.5) is 5.69 Å². The Bertz CT molecular complexity index is 1450. The maximum Gasteiger partial charge on any atom is 0.234 e. The third-order valence-corrected chi connectivity index (χ3v) is 6.84. The molecule has 3 aromatic carbocycles. The van der Waals surface area contributed by atoms with Crippen LogP contribution in [0.15, 0.2) is 78.0 Å². The van der Waals surface area contributed by atoms with Gasteiger partial charge in [0.25, 0.3) is 0 Å². The summed E-state index contributed by atoms with van der Waals surface area (Å²) in [5, 5.41) is 12.1. The first-order valence-electron chi connectivity index (χ1n) is 11.3. The van der Waals surface area contributed by atoms with Crippen molar-refractivity contribution in [2.45, 2.75) is 25.0 Å². The normalized spacial score (nSPS) is 12.3. The summed E-state index contributed by atoms with van der Waals surface area (Å²) in [6.45, 7) is 2.69. The standard InChI is InChI=1S/C27H22N4O3S/c1-2-31-22(15-17-9-4-3-5-10-17)29-30-27(31)35-16-23(32)28-21-14-8-13-20-24(21)26(34)19-12-7-6-11-18(19)25(20)33/h3-14H,2,15-16H2,1H3,(H,28,32). The van der Waals surface area contributed by atoms with Crippen LogP contribution >= 0.6 is 11.8 Å². The lowest BCUT2D eigenvalue weighted by molar-refractivity contribution is -0.113. The monoisotopic (exact) mass is 482 g/mol. The summed E-state index contributed by atoms with van der Waals surface area (Å²) in [7, 11) is 0. The van der Waals surface area contributed by atoms with Gasteiger partial charge in [0.05, 0.1) is 17.0 Å². The molecule has 0 saturated heterocycles. The zero-order valence-corrected chi connectivity index (χ0v) is 19.8. The average molecular weight is 483 g/mol. The molecule has 0 spiro atoms. The first kappa shape index (κ1) is 22.7. The number of thioether (sulfide) groups is 1. The second-order valence-electron chi connectivity index (χ2n) is 8.07. The molecule has 0 saturated carbocycles. The van der Waals surface area contributed by atoms with Gasteiger partial charge in [-0.2, -0.15) is 0 Å². The van der Waals surface area contributed by atoms with Gasteiger partial charge in [-0.1, -0.05) is 78.5 Å². The van der Waals surface area contributed by atoms with Crippen molar-refractivity contribution in [3.63, 3.8) is 0 Å². The molecule has 7 nitrogen and oxygen atoms in total. The van der Waals surface area contributed by atoms with Gasteiger partial charge >= 0.3 is 0 Å². The minimum atomic E-state index is -0.294. The van der Waals surface area contributed by atoms with E-state index in [1.54, 1.807) is 42.5 Å². The Labute approximate surface area is 206 Å². The maximum atomic E-state index is 13.1. The number of rotatable bonds is 7. The van der Waals surface area contributed by atoms with Crippen molar-refractivity contribution >= 4 is 34.9 Å². The first-order valence-corrected chi connectivity index (χ1v) is 12.3. The van der Waals surface area contributed by atoms with Gasteiger partial charge in [0.2, 0.25) is 5.91 Å². The second-order valence-corrected chi connectivity index (χ2v) is 9.02. The topological polar surface area (TPSA) is 93.9 Å². The molecule has 1 amide bonds. The van der Waals surface area contributed by atoms with E-state index in [2.05, 4.69) is 15.5 Å². The van der Waals surface area contributed by atoms with E-state index in [9.17, 15) is 14.4 Å². The van der Waals surface area contributed by atoms with Gasteiger partial charge in [-0.25, -0.2) is 0 Å². The minimum Gasteiger partial charge on any atom is -0.325 e. The number of nitrogens with one attached hydrogen (secondary N) is 1.